The van der Waals surface area contributed by atoms with Gasteiger partial charge in [-0.1, -0.05) is 50.0 Å². The Hall–Kier alpha value is -1.89. The van der Waals surface area contributed by atoms with E-state index in [2.05, 4.69) is 41.0 Å². The Kier molecular flexibility index (Phi) is 7.23. The van der Waals surface area contributed by atoms with Gasteiger partial charge in [-0.3, -0.25) is 4.79 Å². The number of carbonyl (C=O) groups is 1. The molecule has 2 aliphatic rings. The lowest BCUT2D eigenvalue weighted by molar-refractivity contribution is -0.133. The van der Waals surface area contributed by atoms with Gasteiger partial charge in [-0.2, -0.15) is 0 Å². The predicted molar refractivity (Wildman–Crippen MR) is 130 cm³/mol. The lowest BCUT2D eigenvalue weighted by Crippen LogP contribution is -2.51. The predicted octanol–water partition coefficient (Wildman–Crippen LogP) is 4.26. The highest BCUT2D eigenvalue weighted by Crippen LogP contribution is 2.37. The number of piperazine rings is 1. The van der Waals surface area contributed by atoms with Gasteiger partial charge in [0.2, 0.25) is 5.91 Å². The summed E-state index contributed by atoms with van der Waals surface area (Å²) in [6.07, 6.45) is 3.84. The van der Waals surface area contributed by atoms with Gasteiger partial charge >= 0.3 is 0 Å². The molecule has 2 heterocycles. The first-order valence-electron chi connectivity index (χ1n) is 11.4. The Morgan fingerprint density at radius 3 is 2.62 bits per heavy atom. The molecular weight excluding hydrogens is 445 g/mol. The van der Waals surface area contributed by atoms with Crippen molar-refractivity contribution in [1.82, 2.24) is 20.2 Å². The van der Waals surface area contributed by atoms with Crippen LogP contribution in [-0.2, 0) is 11.2 Å². The van der Waals surface area contributed by atoms with Crippen LogP contribution in [0.15, 0.2) is 24.5 Å². The summed E-state index contributed by atoms with van der Waals surface area (Å²) in [6.45, 7) is 9.79. The molecule has 0 bridgehead atoms. The number of fused-ring (bicyclic) bond motifs is 1. The minimum Gasteiger partial charge on any atom is -0.353 e. The van der Waals surface area contributed by atoms with E-state index >= 15 is 0 Å². The van der Waals surface area contributed by atoms with Crippen molar-refractivity contribution in [2.75, 3.05) is 37.6 Å². The van der Waals surface area contributed by atoms with Crippen LogP contribution in [0.3, 0.4) is 0 Å². The van der Waals surface area contributed by atoms with E-state index < -0.39 is 0 Å². The SMILES string of the molecule is CC(C)NC[C@@H](C(=O)N1CCN(c2ncnc3c2[C@H](C)CC3)CC1)c1ccc(Cl)cc1Cl. The second kappa shape index (κ2) is 9.94. The van der Waals surface area contributed by atoms with Crippen molar-refractivity contribution in [2.45, 2.75) is 51.5 Å². The summed E-state index contributed by atoms with van der Waals surface area (Å²) < 4.78 is 0. The number of nitrogens with one attached hydrogen (secondary N) is 1. The van der Waals surface area contributed by atoms with E-state index in [-0.39, 0.29) is 17.9 Å². The Morgan fingerprint density at radius 2 is 1.94 bits per heavy atom. The number of aromatic nitrogens is 2. The minimum atomic E-state index is -0.350. The number of benzene rings is 1. The van der Waals surface area contributed by atoms with Crippen molar-refractivity contribution < 1.29 is 4.79 Å². The zero-order valence-electron chi connectivity index (χ0n) is 18.9. The molecule has 2 aromatic rings. The van der Waals surface area contributed by atoms with E-state index in [0.29, 0.717) is 35.6 Å². The highest BCUT2D eigenvalue weighted by molar-refractivity contribution is 6.35. The second-order valence-corrected chi connectivity index (χ2v) is 9.93. The number of anilines is 1. The van der Waals surface area contributed by atoms with Crippen molar-refractivity contribution >= 4 is 34.9 Å². The normalized spacial score (nSPS) is 19.4. The first-order chi connectivity index (χ1) is 15.3. The molecule has 32 heavy (non-hydrogen) atoms. The molecule has 1 aliphatic heterocycles. The standard InChI is InChI=1S/C24H31Cl2N5O/c1-15(2)27-13-19(18-6-5-17(25)12-20(18)26)24(32)31-10-8-30(9-11-31)23-22-16(3)4-7-21(22)28-14-29-23/h5-6,12,14-16,19,27H,4,7-11,13H2,1-3H3/t16-,19-/m1/s1. The average molecular weight is 476 g/mol. The Balaban J connectivity index is 1.49. The molecule has 172 valence electrons. The fraction of sp³-hybridized carbons (Fsp3) is 0.542. The van der Waals surface area contributed by atoms with Gasteiger partial charge in [0.25, 0.3) is 0 Å². The van der Waals surface area contributed by atoms with E-state index in [9.17, 15) is 4.79 Å². The minimum absolute atomic E-state index is 0.100. The van der Waals surface area contributed by atoms with Crippen LogP contribution in [0.2, 0.25) is 10.0 Å². The molecule has 1 aromatic carbocycles. The second-order valence-electron chi connectivity index (χ2n) is 9.09. The number of nitrogens with zero attached hydrogens (tertiary/aromatic N) is 4. The summed E-state index contributed by atoms with van der Waals surface area (Å²) in [6, 6.07) is 5.66. The van der Waals surface area contributed by atoms with Gasteiger partial charge in [0.05, 0.1) is 5.92 Å². The molecule has 1 aromatic heterocycles. The van der Waals surface area contributed by atoms with Crippen LogP contribution < -0.4 is 10.2 Å². The number of carbonyl (C=O) groups excluding carboxylic acids is 1. The summed E-state index contributed by atoms with van der Waals surface area (Å²) in [5.41, 5.74) is 3.29. The van der Waals surface area contributed by atoms with Gasteiger partial charge in [-0.15, -0.1) is 0 Å². The topological polar surface area (TPSA) is 61.4 Å². The van der Waals surface area contributed by atoms with Gasteiger partial charge in [0.1, 0.15) is 12.1 Å². The van der Waals surface area contributed by atoms with Crippen LogP contribution in [0.25, 0.3) is 0 Å². The van der Waals surface area contributed by atoms with Crippen molar-refractivity contribution in [3.63, 3.8) is 0 Å². The lowest BCUT2D eigenvalue weighted by atomic mass is 9.96. The zero-order chi connectivity index (χ0) is 22.8. The molecule has 0 saturated carbocycles. The third-order valence-electron chi connectivity index (χ3n) is 6.51. The van der Waals surface area contributed by atoms with Gasteiger partial charge in [0.15, 0.2) is 0 Å². The molecule has 4 rings (SSSR count). The van der Waals surface area contributed by atoms with E-state index in [1.807, 2.05) is 11.0 Å². The van der Waals surface area contributed by atoms with Crippen LogP contribution in [0.5, 0.6) is 0 Å². The Morgan fingerprint density at radius 1 is 1.19 bits per heavy atom. The van der Waals surface area contributed by atoms with E-state index in [4.69, 9.17) is 23.2 Å². The number of halogens is 2. The summed E-state index contributed by atoms with van der Waals surface area (Å²) in [7, 11) is 0. The zero-order valence-corrected chi connectivity index (χ0v) is 20.5. The molecule has 1 fully saturated rings. The highest BCUT2D eigenvalue weighted by atomic mass is 35.5. The molecular formula is C24H31Cl2N5O. The molecule has 0 radical (unpaired) electrons. The van der Waals surface area contributed by atoms with Crippen LogP contribution in [0.1, 0.15) is 55.8 Å². The number of rotatable bonds is 6. The largest absolute Gasteiger partial charge is 0.353 e. The number of hydrogen-bond acceptors (Lipinski definition) is 5. The fourth-order valence-corrected chi connectivity index (χ4v) is 5.24. The van der Waals surface area contributed by atoms with Crippen LogP contribution in [-0.4, -0.2) is 59.5 Å². The van der Waals surface area contributed by atoms with E-state index in [1.54, 1.807) is 18.5 Å². The maximum Gasteiger partial charge on any atom is 0.231 e. The molecule has 1 saturated heterocycles. The molecule has 2 atom stereocenters. The highest BCUT2D eigenvalue weighted by Gasteiger charge is 2.32. The summed E-state index contributed by atoms with van der Waals surface area (Å²) in [5, 5.41) is 4.51. The van der Waals surface area contributed by atoms with Crippen LogP contribution >= 0.6 is 23.2 Å². The number of amides is 1. The lowest BCUT2D eigenvalue weighted by Gasteiger charge is -2.38. The third-order valence-corrected chi connectivity index (χ3v) is 7.07. The maximum atomic E-state index is 13.6. The fourth-order valence-electron chi connectivity index (χ4n) is 4.70. The van der Waals surface area contributed by atoms with Crippen LogP contribution in [0, 0.1) is 0 Å². The molecule has 6 nitrogen and oxygen atoms in total. The van der Waals surface area contributed by atoms with Gasteiger partial charge in [-0.05, 0) is 36.5 Å². The van der Waals surface area contributed by atoms with E-state index in [0.717, 1.165) is 37.3 Å². The number of hydrogen-bond donors (Lipinski definition) is 1. The molecule has 0 unspecified atom stereocenters. The molecule has 8 heteroatoms. The first kappa shape index (κ1) is 23.3. The van der Waals surface area contributed by atoms with Crippen LogP contribution in [0.4, 0.5) is 5.82 Å². The van der Waals surface area contributed by atoms with Crippen molar-refractivity contribution in [3.05, 3.63) is 51.4 Å². The molecule has 1 amide bonds. The monoisotopic (exact) mass is 475 g/mol. The smallest absolute Gasteiger partial charge is 0.231 e. The Bertz CT molecular complexity index is 975. The van der Waals surface area contributed by atoms with Gasteiger partial charge in [0, 0.05) is 60.1 Å². The quantitative estimate of drug-likeness (QED) is 0.675. The van der Waals surface area contributed by atoms with Crippen molar-refractivity contribution in [3.8, 4) is 0 Å². The Labute approximate surface area is 200 Å². The van der Waals surface area contributed by atoms with Gasteiger partial charge < -0.3 is 15.1 Å². The van der Waals surface area contributed by atoms with Crippen molar-refractivity contribution in [1.29, 1.82) is 0 Å². The average Bonchev–Trinajstić information content (AvgIpc) is 3.16. The first-order valence-corrected chi connectivity index (χ1v) is 12.2. The third kappa shape index (κ3) is 4.87. The van der Waals surface area contributed by atoms with Gasteiger partial charge in [-0.25, -0.2) is 9.97 Å². The molecule has 0 spiro atoms. The summed E-state index contributed by atoms with van der Waals surface area (Å²) in [4.78, 5) is 26.9. The molecule has 1 N–H and O–H groups in total. The number of aryl methyl sites for hydroxylation is 1. The van der Waals surface area contributed by atoms with Crippen molar-refractivity contribution in [2.24, 2.45) is 0 Å². The summed E-state index contributed by atoms with van der Waals surface area (Å²) in [5.74, 6) is 1.28. The molecule has 1 aliphatic carbocycles. The maximum absolute atomic E-state index is 13.6. The van der Waals surface area contributed by atoms with E-state index in [1.165, 1.54) is 11.3 Å². The summed E-state index contributed by atoms with van der Waals surface area (Å²) >= 11 is 12.6.